The summed E-state index contributed by atoms with van der Waals surface area (Å²) < 4.78 is 0. The number of anilines is 2. The summed E-state index contributed by atoms with van der Waals surface area (Å²) >= 11 is 0. The van der Waals surface area contributed by atoms with E-state index < -0.39 is 29.7 Å². The number of hydrogen-bond acceptors (Lipinski definition) is 11. The van der Waals surface area contributed by atoms with Crippen LogP contribution in [0.1, 0.15) is 81.6 Å². The number of piperidine rings is 2. The number of hydrogen-bond donors (Lipinski definition) is 2. The Labute approximate surface area is 356 Å². The van der Waals surface area contributed by atoms with Gasteiger partial charge in [0.25, 0.3) is 17.7 Å². The Morgan fingerprint density at radius 3 is 2.10 bits per heavy atom. The van der Waals surface area contributed by atoms with Gasteiger partial charge in [0.15, 0.2) is 0 Å². The van der Waals surface area contributed by atoms with Crippen LogP contribution >= 0.6 is 0 Å². The summed E-state index contributed by atoms with van der Waals surface area (Å²) in [7, 11) is 0. The van der Waals surface area contributed by atoms with Crippen LogP contribution in [0.4, 0.5) is 11.4 Å². The number of carbonyl (C=O) groups is 6. The number of nitrogens with zero attached hydrogens (tertiary/aromatic N) is 7. The average molecular weight is 830 g/mol. The predicted molar refractivity (Wildman–Crippen MR) is 231 cm³/mol. The number of likely N-dealkylation sites (tertiary alicyclic amines) is 1. The molecule has 6 amide bonds. The third-order valence-corrected chi connectivity index (χ3v) is 12.8. The fourth-order valence-electron chi connectivity index (χ4n) is 9.13. The summed E-state index contributed by atoms with van der Waals surface area (Å²) in [6, 6.07) is 16.2. The molecule has 5 aliphatic heterocycles. The first-order valence-electron chi connectivity index (χ1n) is 21.8. The number of imide groups is 2. The Morgan fingerprint density at radius 2 is 1.43 bits per heavy atom. The van der Waals surface area contributed by atoms with E-state index in [1.54, 1.807) is 36.7 Å². The lowest BCUT2D eigenvalue weighted by molar-refractivity contribution is -0.136. The molecule has 3 aromatic rings. The summed E-state index contributed by atoms with van der Waals surface area (Å²) in [5, 5.41) is 5.21. The second kappa shape index (κ2) is 19.2. The molecular formula is C46H55N9O6. The van der Waals surface area contributed by atoms with Crippen molar-refractivity contribution in [2.24, 2.45) is 5.92 Å². The number of carbonyl (C=O) groups excluding carboxylic acids is 6. The first kappa shape index (κ1) is 41.8. The minimum atomic E-state index is -0.972. The molecule has 320 valence electrons. The maximum Gasteiger partial charge on any atom is 0.262 e. The first-order chi connectivity index (χ1) is 29.7. The minimum Gasteiger partial charge on any atom is -0.369 e. The van der Waals surface area contributed by atoms with E-state index in [9.17, 15) is 28.8 Å². The van der Waals surface area contributed by atoms with Crippen LogP contribution in [-0.2, 0) is 14.4 Å². The summed E-state index contributed by atoms with van der Waals surface area (Å²) in [5.74, 6) is -1.35. The molecule has 6 heterocycles. The quantitative estimate of drug-likeness (QED) is 0.148. The molecule has 4 fully saturated rings. The molecule has 0 saturated carbocycles. The Morgan fingerprint density at radius 1 is 0.754 bits per heavy atom. The SMILES string of the molecule is O=C(/C=C/c1cccnc1)NCCCCC1CCN(C(=O)c2ccc(N3CCN(CN4CCN(c5ccc6c(c5)C(=O)N(C5CCC(=O)NC5=O)C6=O)CC4)CC3)cc2)CC1. The number of amides is 6. The number of pyridine rings is 1. The van der Waals surface area contributed by atoms with Gasteiger partial charge in [-0.1, -0.05) is 18.9 Å². The third-order valence-electron chi connectivity index (χ3n) is 12.8. The summed E-state index contributed by atoms with van der Waals surface area (Å²) in [5.41, 5.74) is 4.25. The fourth-order valence-corrected chi connectivity index (χ4v) is 9.13. The third kappa shape index (κ3) is 10.0. The molecule has 0 aliphatic carbocycles. The van der Waals surface area contributed by atoms with Gasteiger partial charge in [-0.2, -0.15) is 0 Å². The van der Waals surface area contributed by atoms with Crippen LogP contribution in [0.5, 0.6) is 0 Å². The van der Waals surface area contributed by atoms with Crippen molar-refractivity contribution < 1.29 is 28.8 Å². The number of fused-ring (bicyclic) bond motifs is 1. The number of nitrogens with one attached hydrogen (secondary N) is 2. The lowest BCUT2D eigenvalue weighted by Gasteiger charge is -2.41. The van der Waals surface area contributed by atoms with Crippen molar-refractivity contribution in [2.45, 2.75) is 51.0 Å². The smallest absolute Gasteiger partial charge is 0.262 e. The number of piperazine rings is 2. The minimum absolute atomic E-state index is 0.0902. The maximum absolute atomic E-state index is 13.4. The zero-order valence-electron chi connectivity index (χ0n) is 34.7. The van der Waals surface area contributed by atoms with E-state index in [1.807, 2.05) is 35.2 Å². The van der Waals surface area contributed by atoms with Gasteiger partial charge in [-0.25, -0.2) is 0 Å². The molecule has 15 nitrogen and oxygen atoms in total. The Kier molecular flexibility index (Phi) is 13.2. The monoisotopic (exact) mass is 829 g/mol. The maximum atomic E-state index is 13.4. The Bertz CT molecular complexity index is 2120. The van der Waals surface area contributed by atoms with Crippen LogP contribution in [-0.4, -0.2) is 145 Å². The zero-order chi connectivity index (χ0) is 42.3. The standard InChI is InChI=1S/C46H55N9O6/c56-41(14-6-34-5-3-18-47-31-34)48-19-2-1-4-33-16-20-54(21-17-33)44(59)35-7-9-36(10-8-35)52-26-22-50(23-27-52)32-51-24-28-53(29-25-51)37-11-12-38-39(30-37)46(61)55(45(38)60)40-13-15-42(57)49-43(40)58/h3,5-12,14,18,30-31,33,40H,1-2,4,13,15-17,19-29,32H2,(H,48,56)(H,49,57,58)/b14-6+. The lowest BCUT2D eigenvalue weighted by atomic mass is 9.91. The van der Waals surface area contributed by atoms with Crippen LogP contribution in [0.25, 0.3) is 6.08 Å². The van der Waals surface area contributed by atoms with Gasteiger partial charge in [0, 0.05) is 114 Å². The molecule has 15 heteroatoms. The highest BCUT2D eigenvalue weighted by Gasteiger charge is 2.45. The average Bonchev–Trinajstić information content (AvgIpc) is 3.54. The van der Waals surface area contributed by atoms with Gasteiger partial charge in [-0.15, -0.1) is 0 Å². The molecule has 1 unspecified atom stereocenters. The Balaban J connectivity index is 0.713. The van der Waals surface area contributed by atoms with Gasteiger partial charge in [0.1, 0.15) is 6.04 Å². The van der Waals surface area contributed by atoms with Crippen molar-refractivity contribution in [3.8, 4) is 0 Å². The van der Waals surface area contributed by atoms with E-state index in [2.05, 4.69) is 47.3 Å². The van der Waals surface area contributed by atoms with Gasteiger partial charge >= 0.3 is 0 Å². The van der Waals surface area contributed by atoms with E-state index in [0.29, 0.717) is 23.6 Å². The molecular weight excluding hydrogens is 775 g/mol. The van der Waals surface area contributed by atoms with Crippen molar-refractivity contribution in [1.82, 2.24) is 35.2 Å². The molecule has 4 saturated heterocycles. The predicted octanol–water partition coefficient (Wildman–Crippen LogP) is 3.24. The molecule has 8 rings (SSSR count). The zero-order valence-corrected chi connectivity index (χ0v) is 34.7. The van der Waals surface area contributed by atoms with Crippen LogP contribution in [0.3, 0.4) is 0 Å². The van der Waals surface area contributed by atoms with Crippen molar-refractivity contribution in [2.75, 3.05) is 88.5 Å². The molecule has 5 aliphatic rings. The van der Waals surface area contributed by atoms with Crippen LogP contribution in [0.15, 0.2) is 73.1 Å². The second-order valence-electron chi connectivity index (χ2n) is 16.7. The molecule has 0 spiro atoms. The van der Waals surface area contributed by atoms with Gasteiger partial charge in [0.2, 0.25) is 17.7 Å². The van der Waals surface area contributed by atoms with Gasteiger partial charge in [-0.3, -0.25) is 53.8 Å². The van der Waals surface area contributed by atoms with Gasteiger partial charge in [0.05, 0.1) is 17.8 Å². The molecule has 1 atom stereocenters. The normalized spacial score (nSPS) is 20.7. The largest absolute Gasteiger partial charge is 0.369 e. The highest BCUT2D eigenvalue weighted by Crippen LogP contribution is 2.31. The highest BCUT2D eigenvalue weighted by atomic mass is 16.2. The van der Waals surface area contributed by atoms with Crippen molar-refractivity contribution in [3.63, 3.8) is 0 Å². The first-order valence-corrected chi connectivity index (χ1v) is 21.8. The highest BCUT2D eigenvalue weighted by molar-refractivity contribution is 6.23. The van der Waals surface area contributed by atoms with E-state index in [-0.39, 0.29) is 24.7 Å². The number of unbranched alkanes of at least 4 members (excludes halogenated alkanes) is 1. The fraction of sp³-hybridized carbons (Fsp3) is 0.457. The Hall–Kier alpha value is -5.93. The van der Waals surface area contributed by atoms with Crippen molar-refractivity contribution in [1.29, 1.82) is 0 Å². The topological polar surface area (TPSA) is 159 Å². The van der Waals surface area contributed by atoms with Crippen LogP contribution in [0, 0.1) is 5.92 Å². The lowest BCUT2D eigenvalue weighted by Crippen LogP contribution is -2.54. The second-order valence-corrected chi connectivity index (χ2v) is 16.7. The number of rotatable bonds is 13. The van der Waals surface area contributed by atoms with Gasteiger partial charge in [-0.05, 0) is 91.8 Å². The summed E-state index contributed by atoms with van der Waals surface area (Å²) in [6.45, 7) is 10.1. The number of aromatic nitrogens is 1. The van der Waals surface area contributed by atoms with Crippen molar-refractivity contribution in [3.05, 3.63) is 95.3 Å². The van der Waals surface area contributed by atoms with Crippen LogP contribution < -0.4 is 20.4 Å². The molecule has 1 aromatic heterocycles. The molecule has 61 heavy (non-hydrogen) atoms. The van der Waals surface area contributed by atoms with Gasteiger partial charge < -0.3 is 20.0 Å². The molecule has 0 radical (unpaired) electrons. The molecule has 2 N–H and O–H groups in total. The van der Waals surface area contributed by atoms with E-state index in [0.717, 1.165) is 132 Å². The van der Waals surface area contributed by atoms with Crippen molar-refractivity contribution >= 4 is 52.9 Å². The summed E-state index contributed by atoms with van der Waals surface area (Å²) in [6.07, 6.45) is 12.1. The van der Waals surface area contributed by atoms with E-state index >= 15 is 0 Å². The molecule has 0 bridgehead atoms. The summed E-state index contributed by atoms with van der Waals surface area (Å²) in [4.78, 5) is 92.6. The van der Waals surface area contributed by atoms with Crippen LogP contribution in [0.2, 0.25) is 0 Å². The van der Waals surface area contributed by atoms with E-state index in [1.165, 1.54) is 0 Å². The molecule has 2 aromatic carbocycles. The number of benzene rings is 2. The van der Waals surface area contributed by atoms with E-state index in [4.69, 9.17) is 0 Å².